The SMILES string of the molecule is N#Cc1cc(-c2ccnc3[nH]c(-c4ccc(NCCO)cc4)cc23)ccc1N1CCCC1=O. The summed E-state index contributed by atoms with van der Waals surface area (Å²) in [6, 6.07) is 19.9. The van der Waals surface area contributed by atoms with E-state index in [-0.39, 0.29) is 12.5 Å². The number of anilines is 2. The van der Waals surface area contributed by atoms with Crippen LogP contribution in [-0.4, -0.2) is 40.7 Å². The van der Waals surface area contributed by atoms with Gasteiger partial charge in [0.1, 0.15) is 11.7 Å². The molecular weight excluding hydrogens is 414 g/mol. The van der Waals surface area contributed by atoms with Gasteiger partial charge in [-0.15, -0.1) is 0 Å². The number of hydrogen-bond donors (Lipinski definition) is 3. The number of nitrogens with zero attached hydrogens (tertiary/aromatic N) is 3. The molecule has 0 atom stereocenters. The number of carbonyl (C=O) groups excluding carboxylic acids is 1. The van der Waals surface area contributed by atoms with E-state index in [4.69, 9.17) is 5.11 Å². The van der Waals surface area contributed by atoms with Gasteiger partial charge >= 0.3 is 0 Å². The molecule has 0 aliphatic carbocycles. The minimum atomic E-state index is 0.0680. The van der Waals surface area contributed by atoms with Gasteiger partial charge in [0.15, 0.2) is 0 Å². The molecule has 33 heavy (non-hydrogen) atoms. The van der Waals surface area contributed by atoms with Crippen LogP contribution in [0, 0.1) is 11.3 Å². The van der Waals surface area contributed by atoms with E-state index in [1.807, 2.05) is 48.5 Å². The van der Waals surface area contributed by atoms with Gasteiger partial charge < -0.3 is 20.3 Å². The van der Waals surface area contributed by atoms with Crippen molar-refractivity contribution in [2.75, 3.05) is 29.9 Å². The maximum atomic E-state index is 12.2. The van der Waals surface area contributed by atoms with Gasteiger partial charge in [-0.25, -0.2) is 4.98 Å². The van der Waals surface area contributed by atoms with Crippen LogP contribution in [0.25, 0.3) is 33.4 Å². The van der Waals surface area contributed by atoms with Crippen molar-refractivity contribution in [1.29, 1.82) is 5.26 Å². The van der Waals surface area contributed by atoms with Crippen LogP contribution >= 0.6 is 0 Å². The first kappa shape index (κ1) is 20.7. The molecule has 1 aliphatic heterocycles. The van der Waals surface area contributed by atoms with Crippen LogP contribution in [0.5, 0.6) is 0 Å². The Morgan fingerprint density at radius 3 is 2.67 bits per heavy atom. The zero-order valence-electron chi connectivity index (χ0n) is 18.0. The summed E-state index contributed by atoms with van der Waals surface area (Å²) in [5.41, 5.74) is 6.73. The Kier molecular flexibility index (Phi) is 5.51. The third-order valence-corrected chi connectivity index (χ3v) is 5.96. The van der Waals surface area contributed by atoms with Gasteiger partial charge in [-0.1, -0.05) is 18.2 Å². The molecule has 2 aromatic heterocycles. The van der Waals surface area contributed by atoms with Crippen molar-refractivity contribution < 1.29 is 9.90 Å². The molecular formula is C26H23N5O2. The van der Waals surface area contributed by atoms with E-state index in [2.05, 4.69) is 27.4 Å². The Bertz CT molecular complexity index is 1370. The van der Waals surface area contributed by atoms with Crippen LogP contribution in [0.3, 0.4) is 0 Å². The van der Waals surface area contributed by atoms with E-state index in [0.717, 1.165) is 45.5 Å². The number of pyridine rings is 1. The summed E-state index contributed by atoms with van der Waals surface area (Å²) in [4.78, 5) is 21.8. The molecule has 0 spiro atoms. The Labute approximate surface area is 191 Å². The highest BCUT2D eigenvalue weighted by molar-refractivity contribution is 5.99. The first-order chi connectivity index (χ1) is 16.2. The molecule has 2 aromatic carbocycles. The van der Waals surface area contributed by atoms with Gasteiger partial charge in [0.25, 0.3) is 0 Å². The Balaban J connectivity index is 1.51. The van der Waals surface area contributed by atoms with Crippen molar-refractivity contribution in [1.82, 2.24) is 9.97 Å². The highest BCUT2D eigenvalue weighted by Crippen LogP contribution is 2.34. The van der Waals surface area contributed by atoms with E-state index in [9.17, 15) is 10.1 Å². The maximum Gasteiger partial charge on any atom is 0.227 e. The van der Waals surface area contributed by atoms with Crippen LogP contribution in [0.4, 0.5) is 11.4 Å². The molecule has 1 aliphatic rings. The first-order valence-electron chi connectivity index (χ1n) is 11.0. The zero-order chi connectivity index (χ0) is 22.8. The number of aromatic amines is 1. The molecule has 0 radical (unpaired) electrons. The number of aromatic nitrogens is 2. The number of fused-ring (bicyclic) bond motifs is 1. The van der Waals surface area contributed by atoms with E-state index >= 15 is 0 Å². The average Bonchev–Trinajstić information content (AvgIpc) is 3.48. The summed E-state index contributed by atoms with van der Waals surface area (Å²) in [5, 5.41) is 22.8. The zero-order valence-corrected chi connectivity index (χ0v) is 18.0. The lowest BCUT2D eigenvalue weighted by molar-refractivity contribution is -0.117. The molecule has 164 valence electrons. The standard InChI is InChI=1S/C26H23N5O2/c27-16-19-14-18(5-8-24(19)31-12-1-2-25(31)33)21-9-10-29-26-22(21)15-23(30-26)17-3-6-20(7-4-17)28-11-13-32/h3-10,14-15,28,32H,1-2,11-13H2,(H,29,30). The quantitative estimate of drug-likeness (QED) is 0.417. The van der Waals surface area contributed by atoms with E-state index in [0.29, 0.717) is 30.8 Å². The Morgan fingerprint density at radius 1 is 1.12 bits per heavy atom. The molecule has 4 aromatic rings. The van der Waals surface area contributed by atoms with E-state index in [1.54, 1.807) is 11.1 Å². The smallest absolute Gasteiger partial charge is 0.227 e. The first-order valence-corrected chi connectivity index (χ1v) is 11.0. The highest BCUT2D eigenvalue weighted by atomic mass is 16.3. The van der Waals surface area contributed by atoms with Gasteiger partial charge in [-0.2, -0.15) is 5.26 Å². The largest absolute Gasteiger partial charge is 0.395 e. The fourth-order valence-electron chi connectivity index (χ4n) is 4.33. The molecule has 0 unspecified atom stereocenters. The van der Waals surface area contributed by atoms with Crippen LogP contribution in [-0.2, 0) is 4.79 Å². The number of benzene rings is 2. The van der Waals surface area contributed by atoms with Crippen molar-refractivity contribution in [3.8, 4) is 28.5 Å². The minimum Gasteiger partial charge on any atom is -0.395 e. The lowest BCUT2D eigenvalue weighted by Crippen LogP contribution is -2.24. The molecule has 3 heterocycles. The highest BCUT2D eigenvalue weighted by Gasteiger charge is 2.24. The third-order valence-electron chi connectivity index (χ3n) is 5.96. The molecule has 0 saturated carbocycles. The van der Waals surface area contributed by atoms with E-state index in [1.165, 1.54) is 0 Å². The second kappa shape index (κ2) is 8.77. The van der Waals surface area contributed by atoms with Gasteiger partial charge in [-0.05, 0) is 59.5 Å². The molecule has 5 rings (SSSR count). The molecule has 3 N–H and O–H groups in total. The predicted octanol–water partition coefficient (Wildman–Crippen LogP) is 4.30. The number of rotatable bonds is 6. The molecule has 7 nitrogen and oxygen atoms in total. The normalized spacial score (nSPS) is 13.5. The maximum absolute atomic E-state index is 12.2. The second-order valence-corrected chi connectivity index (χ2v) is 8.02. The van der Waals surface area contributed by atoms with E-state index < -0.39 is 0 Å². The monoisotopic (exact) mass is 437 g/mol. The topological polar surface area (TPSA) is 105 Å². The van der Waals surface area contributed by atoms with Crippen molar-refractivity contribution in [2.45, 2.75) is 12.8 Å². The van der Waals surface area contributed by atoms with Crippen molar-refractivity contribution in [2.24, 2.45) is 0 Å². The van der Waals surface area contributed by atoms with Crippen LogP contribution < -0.4 is 10.2 Å². The summed E-state index contributed by atoms with van der Waals surface area (Å²) in [5.74, 6) is 0.0680. The summed E-state index contributed by atoms with van der Waals surface area (Å²) >= 11 is 0. The van der Waals surface area contributed by atoms with Gasteiger partial charge in [0.05, 0.1) is 17.9 Å². The summed E-state index contributed by atoms with van der Waals surface area (Å²) < 4.78 is 0. The van der Waals surface area contributed by atoms with Gasteiger partial charge in [-0.3, -0.25) is 4.79 Å². The molecule has 1 fully saturated rings. The average molecular weight is 438 g/mol. The fourth-order valence-corrected chi connectivity index (χ4v) is 4.33. The minimum absolute atomic E-state index is 0.0680. The molecule has 1 saturated heterocycles. The lowest BCUT2D eigenvalue weighted by Gasteiger charge is -2.18. The second-order valence-electron chi connectivity index (χ2n) is 8.02. The molecule has 1 amide bonds. The fraction of sp³-hybridized carbons (Fsp3) is 0.192. The number of nitrogens with one attached hydrogen (secondary N) is 2. The lowest BCUT2D eigenvalue weighted by atomic mass is 10.00. The van der Waals surface area contributed by atoms with Gasteiger partial charge in [0, 0.05) is 42.5 Å². The molecule has 0 bridgehead atoms. The Hall–Kier alpha value is -4.15. The summed E-state index contributed by atoms with van der Waals surface area (Å²) in [6.45, 7) is 1.25. The summed E-state index contributed by atoms with van der Waals surface area (Å²) in [6.07, 6.45) is 3.10. The molecule has 7 heteroatoms. The van der Waals surface area contributed by atoms with Crippen LogP contribution in [0.15, 0.2) is 60.8 Å². The Morgan fingerprint density at radius 2 is 1.94 bits per heavy atom. The number of aliphatic hydroxyl groups is 1. The number of amides is 1. The van der Waals surface area contributed by atoms with Crippen molar-refractivity contribution in [3.05, 3.63) is 66.4 Å². The third kappa shape index (κ3) is 3.93. The van der Waals surface area contributed by atoms with Crippen LogP contribution in [0.2, 0.25) is 0 Å². The number of aliphatic hydroxyl groups excluding tert-OH is 1. The predicted molar refractivity (Wildman–Crippen MR) is 129 cm³/mol. The van der Waals surface area contributed by atoms with Crippen LogP contribution in [0.1, 0.15) is 18.4 Å². The van der Waals surface area contributed by atoms with Crippen molar-refractivity contribution >= 4 is 28.3 Å². The van der Waals surface area contributed by atoms with Gasteiger partial charge in [0.2, 0.25) is 5.91 Å². The summed E-state index contributed by atoms with van der Waals surface area (Å²) in [7, 11) is 0. The number of hydrogen-bond acceptors (Lipinski definition) is 5. The van der Waals surface area contributed by atoms with Crippen molar-refractivity contribution in [3.63, 3.8) is 0 Å². The number of H-pyrrole nitrogens is 1. The number of carbonyl (C=O) groups is 1. The number of nitriles is 1.